The van der Waals surface area contributed by atoms with E-state index in [9.17, 15) is 19.0 Å². The number of carbonyl (C=O) groups is 2. The van der Waals surface area contributed by atoms with E-state index in [4.69, 9.17) is 24.3 Å². The Balaban J connectivity index is 3.81. The lowest BCUT2D eigenvalue weighted by Crippen LogP contribution is -2.29. The van der Waals surface area contributed by atoms with Crippen LogP contribution in [0.1, 0.15) is 303 Å². The molecule has 0 heterocycles. The van der Waals surface area contributed by atoms with E-state index in [0.29, 0.717) is 6.42 Å². The van der Waals surface area contributed by atoms with Crippen LogP contribution in [0.4, 0.5) is 0 Å². The molecule has 0 saturated carbocycles. The van der Waals surface area contributed by atoms with Gasteiger partial charge in [0, 0.05) is 19.4 Å². The Kier molecular flexibility index (Phi) is 59.6. The highest BCUT2D eigenvalue weighted by atomic mass is 31.2. The van der Waals surface area contributed by atoms with Crippen LogP contribution in [0.25, 0.3) is 0 Å². The summed E-state index contributed by atoms with van der Waals surface area (Å²) in [5, 5.41) is 0. The molecule has 0 amide bonds. The summed E-state index contributed by atoms with van der Waals surface area (Å²) in [5.41, 5.74) is 5.39. The fourth-order valence-corrected chi connectivity index (χ4v) is 9.94. The molecule has 0 aromatic rings. The lowest BCUT2D eigenvalue weighted by Gasteiger charge is -2.19. The summed E-state index contributed by atoms with van der Waals surface area (Å²) in [5.74, 6) is -0.812. The van der Waals surface area contributed by atoms with Crippen LogP contribution in [0.5, 0.6) is 0 Å². The average Bonchev–Trinajstić information content (AvgIpc) is 3.41. The third-order valence-corrected chi connectivity index (χ3v) is 14.8. The third kappa shape index (κ3) is 60.7. The first-order valence-electron chi connectivity index (χ1n) is 31.9. The minimum absolute atomic E-state index is 0.0547. The van der Waals surface area contributed by atoms with E-state index >= 15 is 0 Å². The van der Waals surface area contributed by atoms with E-state index in [0.717, 1.165) is 70.6 Å². The van der Waals surface area contributed by atoms with Gasteiger partial charge in [-0.2, -0.15) is 0 Å². The van der Waals surface area contributed by atoms with Gasteiger partial charge in [-0.15, -0.1) is 0 Å². The molecule has 442 valence electrons. The molecule has 0 aliphatic rings. The van der Waals surface area contributed by atoms with Crippen molar-refractivity contribution in [2.75, 3.05) is 26.4 Å². The van der Waals surface area contributed by atoms with E-state index in [1.54, 1.807) is 0 Å². The summed E-state index contributed by atoms with van der Waals surface area (Å²) in [6.45, 7) is 3.67. The van der Waals surface area contributed by atoms with Crippen molar-refractivity contribution in [1.29, 1.82) is 0 Å². The number of allylic oxidation sites excluding steroid dienone is 12. The lowest BCUT2D eigenvalue weighted by molar-refractivity contribution is -0.161. The standard InChI is InChI=1S/C66H120NO8P/c1-3-5-7-9-11-13-15-17-19-21-22-23-24-25-26-27-28-29-30-31-32-33-34-35-36-37-38-39-40-41-42-43-45-47-49-51-53-55-57-59-66(69)75-64(63-74-76(70,71)73-61-60-67)62-72-65(68)58-56-54-52-50-48-46-44-20-18-16-14-12-10-8-6-4-2/h5,7,11,13,17,19,22-23,25-26,28-29,64H,3-4,6,8-10,12,14-16,18,20-21,24,27,30-63,67H2,1-2H3,(H,70,71)/b7-5-,13-11-,19-17-,23-22-,26-25-,29-28-. The van der Waals surface area contributed by atoms with E-state index in [1.165, 1.54) is 199 Å². The molecule has 9 nitrogen and oxygen atoms in total. The number of esters is 2. The first-order chi connectivity index (χ1) is 37.3. The highest BCUT2D eigenvalue weighted by molar-refractivity contribution is 7.47. The topological polar surface area (TPSA) is 134 Å². The SMILES string of the molecule is CC/C=C\C/C=C\C/C=C\C/C=C\C/C=C\C/C=C\CCCCCCCCCCCCCCCCCCCCCCC(=O)OC(COC(=O)CCCCCCCCCCCCCCCCCC)COP(=O)(O)OCCN. The smallest absolute Gasteiger partial charge is 0.462 e. The van der Waals surface area contributed by atoms with E-state index in [-0.39, 0.29) is 38.6 Å². The lowest BCUT2D eigenvalue weighted by atomic mass is 10.0. The second-order valence-corrected chi connectivity index (χ2v) is 22.7. The van der Waals surface area contributed by atoms with Gasteiger partial charge in [-0.05, 0) is 64.2 Å². The van der Waals surface area contributed by atoms with Crippen LogP contribution in [-0.4, -0.2) is 49.3 Å². The molecule has 2 atom stereocenters. The molecule has 0 aliphatic carbocycles. The van der Waals surface area contributed by atoms with Gasteiger partial charge < -0.3 is 20.1 Å². The van der Waals surface area contributed by atoms with Crippen molar-refractivity contribution in [2.45, 2.75) is 309 Å². The zero-order valence-corrected chi connectivity index (χ0v) is 50.4. The molecule has 0 aromatic carbocycles. The van der Waals surface area contributed by atoms with E-state index < -0.39 is 26.5 Å². The third-order valence-electron chi connectivity index (χ3n) is 13.9. The molecule has 0 aliphatic heterocycles. The monoisotopic (exact) mass is 1090 g/mol. The number of phosphoric acid groups is 1. The van der Waals surface area contributed by atoms with Crippen LogP contribution in [0.2, 0.25) is 0 Å². The molecular formula is C66H120NO8P. The molecule has 0 bridgehead atoms. The van der Waals surface area contributed by atoms with Crippen LogP contribution in [0, 0.1) is 0 Å². The van der Waals surface area contributed by atoms with Crippen molar-refractivity contribution in [3.05, 3.63) is 72.9 Å². The maximum Gasteiger partial charge on any atom is 0.472 e. The van der Waals surface area contributed by atoms with Gasteiger partial charge in [0.25, 0.3) is 0 Å². The van der Waals surface area contributed by atoms with Crippen LogP contribution in [0.15, 0.2) is 72.9 Å². The Labute approximate surface area is 469 Å². The van der Waals surface area contributed by atoms with E-state index in [2.05, 4.69) is 86.8 Å². The molecule has 0 spiro atoms. The van der Waals surface area contributed by atoms with Gasteiger partial charge in [-0.25, -0.2) is 4.57 Å². The zero-order chi connectivity index (χ0) is 55.2. The predicted octanol–water partition coefficient (Wildman–Crippen LogP) is 20.5. The van der Waals surface area contributed by atoms with Crippen molar-refractivity contribution in [3.8, 4) is 0 Å². The molecule has 0 fully saturated rings. The van der Waals surface area contributed by atoms with Gasteiger partial charge in [0.15, 0.2) is 6.10 Å². The minimum Gasteiger partial charge on any atom is -0.462 e. The fraction of sp³-hybridized carbons (Fsp3) is 0.788. The summed E-state index contributed by atoms with van der Waals surface area (Å²) >= 11 is 0. The highest BCUT2D eigenvalue weighted by Gasteiger charge is 2.26. The Hall–Kier alpha value is -2.55. The van der Waals surface area contributed by atoms with Crippen molar-refractivity contribution in [3.63, 3.8) is 0 Å². The number of ether oxygens (including phenoxy) is 2. The van der Waals surface area contributed by atoms with Gasteiger partial charge in [-0.3, -0.25) is 18.6 Å². The maximum atomic E-state index is 12.7. The molecule has 10 heteroatoms. The van der Waals surface area contributed by atoms with Crippen molar-refractivity contribution in [2.24, 2.45) is 5.73 Å². The van der Waals surface area contributed by atoms with Crippen LogP contribution >= 0.6 is 7.82 Å². The summed E-state index contributed by atoms with van der Waals surface area (Å²) in [6, 6.07) is 0. The van der Waals surface area contributed by atoms with Gasteiger partial charge in [0.2, 0.25) is 0 Å². The Morgan fingerprint density at radius 3 is 1.08 bits per heavy atom. The molecule has 0 aromatic heterocycles. The van der Waals surface area contributed by atoms with Crippen molar-refractivity contribution in [1.82, 2.24) is 0 Å². The number of hydrogen-bond donors (Lipinski definition) is 2. The minimum atomic E-state index is -4.39. The van der Waals surface area contributed by atoms with Crippen LogP contribution in [-0.2, 0) is 32.7 Å². The van der Waals surface area contributed by atoms with Gasteiger partial charge in [-0.1, -0.05) is 299 Å². The van der Waals surface area contributed by atoms with Crippen LogP contribution < -0.4 is 5.73 Å². The number of phosphoric ester groups is 1. The summed E-state index contributed by atoms with van der Waals surface area (Å²) < 4.78 is 33.1. The average molecular weight is 1090 g/mol. The van der Waals surface area contributed by atoms with Gasteiger partial charge >= 0.3 is 19.8 Å². The van der Waals surface area contributed by atoms with Crippen LogP contribution in [0.3, 0.4) is 0 Å². The largest absolute Gasteiger partial charge is 0.472 e. The molecule has 0 saturated heterocycles. The first-order valence-corrected chi connectivity index (χ1v) is 33.4. The van der Waals surface area contributed by atoms with Gasteiger partial charge in [0.1, 0.15) is 6.61 Å². The molecule has 2 unspecified atom stereocenters. The number of rotatable bonds is 60. The Bertz CT molecular complexity index is 1470. The quantitative estimate of drug-likeness (QED) is 0.0264. The molecular weight excluding hydrogens is 966 g/mol. The summed E-state index contributed by atoms with van der Waals surface area (Å²) in [6.07, 6.45) is 79.9. The maximum absolute atomic E-state index is 12.7. The fourth-order valence-electron chi connectivity index (χ4n) is 9.17. The molecule has 0 rings (SSSR count). The summed E-state index contributed by atoms with van der Waals surface area (Å²) in [4.78, 5) is 35.2. The Morgan fingerprint density at radius 1 is 0.408 bits per heavy atom. The normalized spacial score (nSPS) is 13.5. The van der Waals surface area contributed by atoms with Gasteiger partial charge in [0.05, 0.1) is 13.2 Å². The van der Waals surface area contributed by atoms with Crippen molar-refractivity contribution >= 4 is 19.8 Å². The number of carbonyl (C=O) groups excluding carboxylic acids is 2. The second-order valence-electron chi connectivity index (χ2n) is 21.3. The molecule has 76 heavy (non-hydrogen) atoms. The number of hydrogen-bond acceptors (Lipinski definition) is 8. The Morgan fingerprint density at radius 2 is 0.724 bits per heavy atom. The predicted molar refractivity (Wildman–Crippen MR) is 326 cm³/mol. The highest BCUT2D eigenvalue weighted by Crippen LogP contribution is 2.43. The molecule has 0 radical (unpaired) electrons. The molecule has 3 N–H and O–H groups in total. The summed E-state index contributed by atoms with van der Waals surface area (Å²) in [7, 11) is -4.39. The van der Waals surface area contributed by atoms with E-state index in [1.807, 2.05) is 0 Å². The number of nitrogens with two attached hydrogens (primary N) is 1. The number of unbranched alkanes of at least 4 members (excludes halogenated alkanes) is 35. The first kappa shape index (κ1) is 73.5. The zero-order valence-electron chi connectivity index (χ0n) is 49.5. The van der Waals surface area contributed by atoms with Crippen molar-refractivity contribution < 1.29 is 37.6 Å². The second kappa shape index (κ2) is 61.7.